The van der Waals surface area contributed by atoms with Gasteiger partial charge in [-0.3, -0.25) is 0 Å². The van der Waals surface area contributed by atoms with Gasteiger partial charge in [-0.1, -0.05) is 60.4 Å². The fourth-order valence-corrected chi connectivity index (χ4v) is 1.90. The third kappa shape index (κ3) is 6.27. The van der Waals surface area contributed by atoms with Gasteiger partial charge in [-0.15, -0.1) is 0 Å². The zero-order chi connectivity index (χ0) is 14.8. The Kier molecular flexibility index (Phi) is 6.54. The summed E-state index contributed by atoms with van der Waals surface area (Å²) < 4.78 is 5.57. The van der Waals surface area contributed by atoms with Gasteiger partial charge in [0, 0.05) is 12.2 Å². The zero-order valence-electron chi connectivity index (χ0n) is 12.0. The van der Waals surface area contributed by atoms with E-state index in [0.29, 0.717) is 19.6 Å². The van der Waals surface area contributed by atoms with Crippen molar-refractivity contribution in [2.24, 2.45) is 0 Å². The van der Waals surface area contributed by atoms with Crippen LogP contribution in [0.3, 0.4) is 0 Å². The van der Waals surface area contributed by atoms with Crippen molar-refractivity contribution in [3.05, 3.63) is 71.8 Å². The molecule has 0 aliphatic heterocycles. The van der Waals surface area contributed by atoms with Crippen molar-refractivity contribution < 1.29 is 9.84 Å². The molecule has 0 unspecified atom stereocenters. The van der Waals surface area contributed by atoms with Gasteiger partial charge in [0.15, 0.2) is 0 Å². The van der Waals surface area contributed by atoms with E-state index in [0.717, 1.165) is 12.0 Å². The Hall–Kier alpha value is -2.08. The molecule has 0 amide bonds. The normalized spacial score (nSPS) is 11.5. The van der Waals surface area contributed by atoms with E-state index in [-0.39, 0.29) is 0 Å². The number of aliphatic hydroxyl groups excluding tert-OH is 1. The number of rotatable bonds is 6. The Bertz CT molecular complexity index is 567. The van der Waals surface area contributed by atoms with Crippen molar-refractivity contribution in [2.45, 2.75) is 25.6 Å². The molecule has 2 nitrogen and oxygen atoms in total. The minimum absolute atomic E-state index is 0.592. The molecule has 0 aromatic heterocycles. The van der Waals surface area contributed by atoms with Gasteiger partial charge in [0.1, 0.15) is 6.10 Å². The number of hydrogen-bond acceptors (Lipinski definition) is 2. The summed E-state index contributed by atoms with van der Waals surface area (Å²) in [6.07, 6.45) is 0.844. The smallest absolute Gasteiger partial charge is 0.115 e. The highest BCUT2D eigenvalue weighted by molar-refractivity contribution is 5.34. The van der Waals surface area contributed by atoms with Crippen molar-refractivity contribution in [1.82, 2.24) is 0 Å². The maximum absolute atomic E-state index is 9.80. The molecule has 0 saturated carbocycles. The van der Waals surface area contributed by atoms with Crippen LogP contribution in [-0.2, 0) is 11.3 Å². The predicted octanol–water partition coefficient (Wildman–Crippen LogP) is 3.40. The zero-order valence-corrected chi connectivity index (χ0v) is 12.0. The average molecular weight is 280 g/mol. The molecule has 1 N–H and O–H groups in total. The monoisotopic (exact) mass is 280 g/mol. The average Bonchev–Trinajstić information content (AvgIpc) is 2.54. The highest BCUT2D eigenvalue weighted by atomic mass is 16.5. The number of aliphatic hydroxyl groups is 1. The third-order valence-corrected chi connectivity index (χ3v) is 3.03. The second kappa shape index (κ2) is 8.97. The van der Waals surface area contributed by atoms with Crippen LogP contribution in [0.1, 0.15) is 24.0 Å². The molecular weight excluding hydrogens is 260 g/mol. The largest absolute Gasteiger partial charge is 0.380 e. The topological polar surface area (TPSA) is 29.5 Å². The van der Waals surface area contributed by atoms with Crippen LogP contribution in [0.25, 0.3) is 0 Å². The summed E-state index contributed by atoms with van der Waals surface area (Å²) in [5, 5.41) is 9.80. The van der Waals surface area contributed by atoms with Gasteiger partial charge >= 0.3 is 0 Å². The molecule has 0 heterocycles. The van der Waals surface area contributed by atoms with E-state index in [2.05, 4.69) is 11.8 Å². The lowest BCUT2D eigenvalue weighted by Crippen LogP contribution is -2.05. The second-order valence-corrected chi connectivity index (χ2v) is 4.83. The van der Waals surface area contributed by atoms with E-state index < -0.39 is 6.10 Å². The summed E-state index contributed by atoms with van der Waals surface area (Å²) in [7, 11) is 0. The van der Waals surface area contributed by atoms with Gasteiger partial charge in [0.2, 0.25) is 0 Å². The van der Waals surface area contributed by atoms with Crippen molar-refractivity contribution in [1.29, 1.82) is 0 Å². The lowest BCUT2D eigenvalue weighted by Gasteiger charge is -2.05. The van der Waals surface area contributed by atoms with Gasteiger partial charge < -0.3 is 9.84 Å². The molecule has 0 saturated heterocycles. The van der Waals surface area contributed by atoms with Crippen molar-refractivity contribution in [2.75, 3.05) is 6.61 Å². The molecule has 2 aromatic carbocycles. The molecule has 0 aliphatic rings. The molecule has 21 heavy (non-hydrogen) atoms. The Labute approximate surface area is 126 Å². The van der Waals surface area contributed by atoms with Gasteiger partial charge in [0.25, 0.3) is 0 Å². The Balaban J connectivity index is 1.61. The molecule has 0 fully saturated rings. The van der Waals surface area contributed by atoms with Crippen LogP contribution >= 0.6 is 0 Å². The number of benzene rings is 2. The Morgan fingerprint density at radius 3 is 2.33 bits per heavy atom. The molecule has 0 radical (unpaired) electrons. The summed E-state index contributed by atoms with van der Waals surface area (Å²) >= 11 is 0. The standard InChI is InChI=1S/C19H20O2/c20-19(14-13-17-8-3-1-4-9-17)12-7-15-21-16-18-10-5-2-6-11-18/h1-6,8-11,19-20H,7,12,15-16H2/t19-/m0/s1. The van der Waals surface area contributed by atoms with Gasteiger partial charge in [0.05, 0.1) is 6.61 Å². The van der Waals surface area contributed by atoms with Crippen LogP contribution in [0.5, 0.6) is 0 Å². The van der Waals surface area contributed by atoms with E-state index in [1.165, 1.54) is 5.56 Å². The molecular formula is C19H20O2. The molecule has 2 rings (SSSR count). The summed E-state index contributed by atoms with van der Waals surface area (Å²) in [6, 6.07) is 19.8. The molecule has 0 bridgehead atoms. The highest BCUT2D eigenvalue weighted by Gasteiger charge is 1.99. The predicted molar refractivity (Wildman–Crippen MR) is 84.7 cm³/mol. The molecule has 1 atom stereocenters. The quantitative estimate of drug-likeness (QED) is 0.649. The molecule has 0 spiro atoms. The van der Waals surface area contributed by atoms with Crippen LogP contribution in [0, 0.1) is 11.8 Å². The van der Waals surface area contributed by atoms with Gasteiger partial charge in [-0.05, 0) is 30.5 Å². The summed E-state index contributed by atoms with van der Waals surface area (Å²) in [6.45, 7) is 1.26. The van der Waals surface area contributed by atoms with Crippen LogP contribution in [0.4, 0.5) is 0 Å². The van der Waals surface area contributed by atoms with E-state index in [4.69, 9.17) is 4.74 Å². The van der Waals surface area contributed by atoms with Crippen LogP contribution < -0.4 is 0 Å². The first-order valence-electron chi connectivity index (χ1n) is 7.21. The number of ether oxygens (including phenoxy) is 1. The van der Waals surface area contributed by atoms with Crippen molar-refractivity contribution in [3.63, 3.8) is 0 Å². The minimum atomic E-state index is -0.592. The highest BCUT2D eigenvalue weighted by Crippen LogP contribution is 2.03. The van der Waals surface area contributed by atoms with Crippen LogP contribution in [-0.4, -0.2) is 17.8 Å². The van der Waals surface area contributed by atoms with Gasteiger partial charge in [-0.25, -0.2) is 0 Å². The minimum Gasteiger partial charge on any atom is -0.380 e. The first-order chi connectivity index (χ1) is 10.3. The first-order valence-corrected chi connectivity index (χ1v) is 7.21. The fraction of sp³-hybridized carbons (Fsp3) is 0.263. The SMILES string of the molecule is O[C@H](C#Cc1ccccc1)CCCOCc1ccccc1. The summed E-state index contributed by atoms with van der Waals surface area (Å²) in [5.74, 6) is 5.83. The lowest BCUT2D eigenvalue weighted by molar-refractivity contribution is 0.107. The van der Waals surface area contributed by atoms with Crippen molar-refractivity contribution in [3.8, 4) is 11.8 Å². The first kappa shape index (κ1) is 15.3. The van der Waals surface area contributed by atoms with E-state index in [9.17, 15) is 5.11 Å². The maximum atomic E-state index is 9.80. The second-order valence-electron chi connectivity index (χ2n) is 4.83. The summed E-state index contributed by atoms with van der Waals surface area (Å²) in [4.78, 5) is 0. The van der Waals surface area contributed by atoms with Crippen LogP contribution in [0.15, 0.2) is 60.7 Å². The third-order valence-electron chi connectivity index (χ3n) is 3.03. The van der Waals surface area contributed by atoms with Crippen LogP contribution in [0.2, 0.25) is 0 Å². The molecule has 108 valence electrons. The van der Waals surface area contributed by atoms with E-state index in [1.54, 1.807) is 0 Å². The number of hydrogen-bond donors (Lipinski definition) is 1. The maximum Gasteiger partial charge on any atom is 0.115 e. The lowest BCUT2D eigenvalue weighted by atomic mass is 10.2. The van der Waals surface area contributed by atoms with E-state index in [1.807, 2.05) is 60.7 Å². The Morgan fingerprint density at radius 2 is 1.62 bits per heavy atom. The molecule has 2 heteroatoms. The summed E-state index contributed by atoms with van der Waals surface area (Å²) in [5.41, 5.74) is 2.10. The fourth-order valence-electron chi connectivity index (χ4n) is 1.90. The van der Waals surface area contributed by atoms with E-state index >= 15 is 0 Å². The van der Waals surface area contributed by atoms with Crippen molar-refractivity contribution >= 4 is 0 Å². The Morgan fingerprint density at radius 1 is 0.952 bits per heavy atom. The van der Waals surface area contributed by atoms with Gasteiger partial charge in [-0.2, -0.15) is 0 Å². The molecule has 2 aromatic rings. The molecule has 0 aliphatic carbocycles.